The Labute approximate surface area is 190 Å². The van der Waals surface area contributed by atoms with Gasteiger partial charge in [0.2, 0.25) is 0 Å². The number of methoxy groups -OCH3 is 2. The lowest BCUT2D eigenvalue weighted by Crippen LogP contribution is -2.37. The minimum atomic E-state index is -0.360. The Bertz CT molecular complexity index is 1390. The van der Waals surface area contributed by atoms with Gasteiger partial charge in [0.1, 0.15) is 17.2 Å². The Kier molecular flexibility index (Phi) is 7.02. The van der Waals surface area contributed by atoms with Crippen molar-refractivity contribution in [1.29, 1.82) is 0 Å². The molecule has 4 rings (SSSR count). The molecule has 9 nitrogen and oxygen atoms in total. The van der Waals surface area contributed by atoms with Gasteiger partial charge in [-0.2, -0.15) is 0 Å². The molecule has 0 saturated carbocycles. The molecule has 0 radical (unpaired) electrons. The van der Waals surface area contributed by atoms with Crippen LogP contribution >= 0.6 is 0 Å². The highest BCUT2D eigenvalue weighted by atomic mass is 16.5. The van der Waals surface area contributed by atoms with Crippen LogP contribution in [0.3, 0.4) is 0 Å². The number of nitrogens with zero attached hydrogens (tertiary/aromatic N) is 4. The minimum Gasteiger partial charge on any atom is -0.508 e. The number of phenols is 1. The molecule has 0 atom stereocenters. The van der Waals surface area contributed by atoms with Crippen molar-refractivity contribution in [2.75, 3.05) is 14.2 Å². The van der Waals surface area contributed by atoms with E-state index in [4.69, 9.17) is 9.47 Å². The van der Waals surface area contributed by atoms with Crippen LogP contribution < -0.4 is 20.7 Å². The van der Waals surface area contributed by atoms with Gasteiger partial charge in [0.15, 0.2) is 11.2 Å². The van der Waals surface area contributed by atoms with Crippen LogP contribution in [0, 0.1) is 0 Å². The predicted molar refractivity (Wildman–Crippen MR) is 128 cm³/mol. The summed E-state index contributed by atoms with van der Waals surface area (Å²) in [5.74, 6) is 1.77. The molecule has 33 heavy (non-hydrogen) atoms. The highest BCUT2D eigenvalue weighted by molar-refractivity contribution is 5.71. The van der Waals surface area contributed by atoms with E-state index >= 15 is 0 Å². The number of fused-ring (bicyclic) bond motifs is 1. The number of hydrogen-bond acceptors (Lipinski definition) is 6. The molecule has 0 fully saturated rings. The molecule has 2 heterocycles. The lowest BCUT2D eigenvalue weighted by atomic mass is 10.1. The Hall–Kier alpha value is -4.27. The average Bonchev–Trinajstić information content (AvgIpc) is 3.22. The minimum absolute atomic E-state index is 0.264. The van der Waals surface area contributed by atoms with E-state index in [0.717, 1.165) is 27.2 Å². The van der Waals surface area contributed by atoms with Crippen molar-refractivity contribution in [3.05, 3.63) is 80.8 Å². The summed E-state index contributed by atoms with van der Waals surface area (Å²) in [5.41, 5.74) is 2.18. The zero-order valence-corrected chi connectivity index (χ0v) is 19.1. The van der Waals surface area contributed by atoms with Crippen LogP contribution in [0.15, 0.2) is 58.4 Å². The summed E-state index contributed by atoms with van der Waals surface area (Å²) in [6.07, 6.45) is 5.45. The van der Waals surface area contributed by atoms with Crippen LogP contribution in [0.4, 0.5) is 0 Å². The van der Waals surface area contributed by atoms with Gasteiger partial charge < -0.3 is 19.1 Å². The molecule has 0 spiro atoms. The number of rotatable bonds is 4. The van der Waals surface area contributed by atoms with Crippen molar-refractivity contribution in [1.82, 2.24) is 18.7 Å². The average molecular weight is 450 g/mol. The number of phenolic OH excluding ortho intramolecular Hbond substituents is 1. The van der Waals surface area contributed by atoms with Gasteiger partial charge in [-0.3, -0.25) is 13.9 Å². The quantitative estimate of drug-likeness (QED) is 0.480. The zero-order valence-electron chi connectivity index (χ0n) is 19.1. The second-order valence-electron chi connectivity index (χ2n) is 7.30. The molecule has 0 saturated heterocycles. The second kappa shape index (κ2) is 9.90. The standard InChI is InChI=1S/C16H16O3.C8H10N4O2/c1-18-15-9-13(10-16(11-15)19-2)4-3-12-5-7-14(17)8-6-12;1-10-4-9-6-5(10)7(13)12(3)8(14)11(6)2/h3-11,17H,1-2H3;4H,1-3H3/b4-3+;. The van der Waals surface area contributed by atoms with Gasteiger partial charge in [0.25, 0.3) is 5.56 Å². The maximum Gasteiger partial charge on any atom is 0.332 e. The molecule has 2 aromatic carbocycles. The van der Waals surface area contributed by atoms with E-state index in [2.05, 4.69) is 4.98 Å². The number of hydrogen-bond donors (Lipinski definition) is 1. The molecule has 0 aliphatic carbocycles. The van der Waals surface area contributed by atoms with Crippen LogP contribution in [-0.2, 0) is 21.1 Å². The van der Waals surface area contributed by atoms with Gasteiger partial charge in [0, 0.05) is 27.2 Å². The van der Waals surface area contributed by atoms with E-state index in [1.165, 1.54) is 17.9 Å². The van der Waals surface area contributed by atoms with Gasteiger partial charge in [-0.25, -0.2) is 9.78 Å². The Morgan fingerprint density at radius 3 is 2.00 bits per heavy atom. The van der Waals surface area contributed by atoms with Gasteiger partial charge in [-0.1, -0.05) is 24.3 Å². The molecular formula is C24H26N4O5. The third-order valence-corrected chi connectivity index (χ3v) is 5.05. The third kappa shape index (κ3) is 5.15. The topological polar surface area (TPSA) is 101 Å². The number of benzene rings is 2. The molecule has 9 heteroatoms. The second-order valence-corrected chi connectivity index (χ2v) is 7.30. The number of ether oxygens (including phenoxy) is 2. The zero-order chi connectivity index (χ0) is 24.1. The molecule has 0 aliphatic rings. The van der Waals surface area contributed by atoms with Crippen LogP contribution in [-0.4, -0.2) is 38.0 Å². The summed E-state index contributed by atoms with van der Waals surface area (Å²) >= 11 is 0. The predicted octanol–water partition coefficient (Wildman–Crippen LogP) is 2.55. The van der Waals surface area contributed by atoms with E-state index in [1.807, 2.05) is 42.5 Å². The number of aryl methyl sites for hydroxylation is 2. The fourth-order valence-electron chi connectivity index (χ4n) is 3.17. The molecule has 0 bridgehead atoms. The summed E-state index contributed by atoms with van der Waals surface area (Å²) < 4.78 is 14.5. The van der Waals surface area contributed by atoms with E-state index in [-0.39, 0.29) is 17.0 Å². The van der Waals surface area contributed by atoms with Gasteiger partial charge in [-0.05, 0) is 35.4 Å². The Balaban J connectivity index is 0.000000194. The van der Waals surface area contributed by atoms with Crippen LogP contribution in [0.25, 0.3) is 23.3 Å². The van der Waals surface area contributed by atoms with Crippen LogP contribution in [0.5, 0.6) is 17.2 Å². The fourth-order valence-corrected chi connectivity index (χ4v) is 3.17. The third-order valence-electron chi connectivity index (χ3n) is 5.05. The number of aromatic hydroxyl groups is 1. The normalized spacial score (nSPS) is 10.8. The van der Waals surface area contributed by atoms with E-state index < -0.39 is 0 Å². The summed E-state index contributed by atoms with van der Waals surface area (Å²) in [6.45, 7) is 0. The van der Waals surface area contributed by atoms with Crippen molar-refractivity contribution in [3.63, 3.8) is 0 Å². The van der Waals surface area contributed by atoms with Gasteiger partial charge in [-0.15, -0.1) is 0 Å². The maximum atomic E-state index is 11.7. The van der Waals surface area contributed by atoms with Gasteiger partial charge in [0.05, 0.1) is 20.5 Å². The number of imidazole rings is 1. The summed E-state index contributed by atoms with van der Waals surface area (Å²) in [7, 11) is 8.03. The first-order valence-corrected chi connectivity index (χ1v) is 10.0. The molecular weight excluding hydrogens is 424 g/mol. The largest absolute Gasteiger partial charge is 0.508 e. The van der Waals surface area contributed by atoms with Crippen LogP contribution in [0.2, 0.25) is 0 Å². The first kappa shape index (κ1) is 23.4. The fraction of sp³-hybridized carbons (Fsp3) is 0.208. The number of aromatic nitrogens is 4. The molecule has 4 aromatic rings. The Morgan fingerprint density at radius 2 is 1.42 bits per heavy atom. The van der Waals surface area contributed by atoms with Crippen molar-refractivity contribution in [2.24, 2.45) is 21.1 Å². The van der Waals surface area contributed by atoms with E-state index in [1.54, 1.807) is 45.0 Å². The molecule has 1 N–H and O–H groups in total. The first-order valence-electron chi connectivity index (χ1n) is 10.0. The first-order chi connectivity index (χ1) is 15.7. The van der Waals surface area contributed by atoms with Gasteiger partial charge >= 0.3 is 5.69 Å². The van der Waals surface area contributed by atoms with E-state index in [0.29, 0.717) is 11.2 Å². The molecule has 172 valence electrons. The SMILES string of the molecule is COc1cc(/C=C/c2ccc(O)cc2)cc(OC)c1.Cn1c(=O)c2c(ncn2C)n(C)c1=O. The molecule has 0 unspecified atom stereocenters. The smallest absolute Gasteiger partial charge is 0.332 e. The highest BCUT2D eigenvalue weighted by Gasteiger charge is 2.11. The van der Waals surface area contributed by atoms with Crippen molar-refractivity contribution < 1.29 is 14.6 Å². The molecule has 0 aliphatic heterocycles. The lowest BCUT2D eigenvalue weighted by Gasteiger charge is -2.05. The van der Waals surface area contributed by atoms with Crippen molar-refractivity contribution >= 4 is 23.3 Å². The van der Waals surface area contributed by atoms with E-state index in [9.17, 15) is 14.7 Å². The maximum absolute atomic E-state index is 11.7. The molecule has 0 amide bonds. The highest BCUT2D eigenvalue weighted by Crippen LogP contribution is 2.24. The summed E-state index contributed by atoms with van der Waals surface area (Å²) in [6, 6.07) is 12.7. The van der Waals surface area contributed by atoms with Crippen molar-refractivity contribution in [2.45, 2.75) is 0 Å². The van der Waals surface area contributed by atoms with Crippen molar-refractivity contribution in [3.8, 4) is 17.2 Å². The molecule has 2 aromatic heterocycles. The summed E-state index contributed by atoms with van der Waals surface area (Å²) in [4.78, 5) is 27.2. The monoisotopic (exact) mass is 450 g/mol. The summed E-state index contributed by atoms with van der Waals surface area (Å²) in [5, 5.41) is 9.22. The Morgan fingerprint density at radius 1 is 0.848 bits per heavy atom. The lowest BCUT2D eigenvalue weighted by molar-refractivity contribution is 0.394. The van der Waals surface area contributed by atoms with Crippen LogP contribution in [0.1, 0.15) is 11.1 Å².